The normalized spacial score (nSPS) is 9.67. The van der Waals surface area contributed by atoms with Gasteiger partial charge in [-0.25, -0.2) is 0 Å². The molecule has 0 amide bonds. The molecule has 0 saturated heterocycles. The summed E-state index contributed by atoms with van der Waals surface area (Å²) in [4.78, 5) is 0. The van der Waals surface area contributed by atoms with Crippen LogP contribution >= 0.6 is 24.8 Å². The molecule has 0 atom stereocenters. The van der Waals surface area contributed by atoms with E-state index in [2.05, 4.69) is 113 Å². The van der Waals surface area contributed by atoms with E-state index >= 15 is 0 Å². The van der Waals surface area contributed by atoms with Gasteiger partial charge in [0.05, 0.1) is 14.2 Å². The Bertz CT molecular complexity index is 1510. The first-order valence-electron chi connectivity index (χ1n) is 13.2. The molecule has 0 N–H and O–H groups in total. The molecule has 0 saturated carbocycles. The Kier molecular flexibility index (Phi) is 15.9. The van der Waals surface area contributed by atoms with Crippen LogP contribution in [0.4, 0.5) is 0 Å². The Labute approximate surface area is 282 Å². The fourth-order valence-electron chi connectivity index (χ4n) is 4.81. The third-order valence-corrected chi connectivity index (χ3v) is 6.59. The molecule has 0 aliphatic carbocycles. The molecule has 0 spiro atoms. The summed E-state index contributed by atoms with van der Waals surface area (Å²) in [6.07, 6.45) is 0.750. The molecular weight excluding hydrogens is 726 g/mol. The summed E-state index contributed by atoms with van der Waals surface area (Å²) in [7, 11) is 3.38. The number of hydrogen-bond acceptors (Lipinski definition) is 2. The second-order valence-corrected chi connectivity index (χ2v) is 9.49. The number of ether oxygens (including phenoxy) is 2. The Morgan fingerprint density at radius 1 is 0.571 bits per heavy atom. The zero-order valence-electron chi connectivity index (χ0n) is 24.6. The maximum Gasteiger partial charge on any atom is 4.00 e. The van der Waals surface area contributed by atoms with Crippen molar-refractivity contribution in [2.75, 3.05) is 14.2 Å². The molecule has 6 aromatic rings. The van der Waals surface area contributed by atoms with Gasteiger partial charge in [-0.1, -0.05) is 61.4 Å². The molecule has 6 aromatic carbocycles. The number of benzene rings is 4. The van der Waals surface area contributed by atoms with Crippen LogP contribution in [-0.4, -0.2) is 14.2 Å². The first-order chi connectivity index (χ1) is 19.0. The van der Waals surface area contributed by atoms with Gasteiger partial charge in [-0.3, -0.25) is 0 Å². The fraction of sp³-hybridized carbons (Fsp3) is 0.135. The van der Waals surface area contributed by atoms with Crippen LogP contribution in [0.1, 0.15) is 17.5 Å². The minimum Gasteiger partial charge on any atom is -0.497 e. The van der Waals surface area contributed by atoms with E-state index in [0.29, 0.717) is 0 Å². The first kappa shape index (κ1) is 37.2. The molecule has 0 fully saturated rings. The van der Waals surface area contributed by atoms with Crippen molar-refractivity contribution in [3.05, 3.63) is 134 Å². The zero-order chi connectivity index (χ0) is 27.8. The first-order valence-corrected chi connectivity index (χ1v) is 13.2. The molecule has 5 heteroatoms. The van der Waals surface area contributed by atoms with E-state index in [9.17, 15) is 0 Å². The van der Waals surface area contributed by atoms with Gasteiger partial charge in [0, 0.05) is 0 Å². The van der Waals surface area contributed by atoms with Crippen molar-refractivity contribution < 1.29 is 35.3 Å². The van der Waals surface area contributed by atoms with Gasteiger partial charge < -0.3 is 29.7 Å². The number of halogens is 2. The summed E-state index contributed by atoms with van der Waals surface area (Å²) >= 11 is 0. The Hall–Kier alpha value is -2.85. The molecule has 0 heterocycles. The summed E-state index contributed by atoms with van der Waals surface area (Å²) in [5.41, 5.74) is 7.64. The number of aryl methyl sites for hydroxylation is 2. The van der Waals surface area contributed by atoms with Gasteiger partial charge in [-0.2, -0.15) is 12.1 Å². The number of hydrogen-bond donors (Lipinski definition) is 0. The van der Waals surface area contributed by atoms with Gasteiger partial charge in [-0.15, -0.1) is 93.9 Å². The standard InChI is InChI=1S/2C17H15O.C3H6.2ClH.Hf/c2*1-12-10-14-4-3-5-16(17(14)11-12)13-6-8-15(18-2)9-7-13;1-3-2;;;/h2*3-11H,1-2H3;1-3H2;2*1H;/q2*-1;-2;;;+4. The molecular formula is C37H38Cl2HfO2. The van der Waals surface area contributed by atoms with Crippen molar-refractivity contribution in [3.63, 3.8) is 0 Å². The number of methoxy groups -OCH3 is 2. The predicted molar refractivity (Wildman–Crippen MR) is 182 cm³/mol. The molecule has 0 aliphatic heterocycles. The Morgan fingerprint density at radius 2 is 0.905 bits per heavy atom. The third-order valence-electron chi connectivity index (χ3n) is 6.59. The van der Waals surface area contributed by atoms with Gasteiger partial charge in [0.2, 0.25) is 0 Å². The molecule has 42 heavy (non-hydrogen) atoms. The van der Waals surface area contributed by atoms with E-state index in [1.54, 1.807) is 14.2 Å². The third kappa shape index (κ3) is 9.07. The van der Waals surface area contributed by atoms with Crippen LogP contribution in [0.5, 0.6) is 11.5 Å². The van der Waals surface area contributed by atoms with Crippen LogP contribution in [0.2, 0.25) is 0 Å². The van der Waals surface area contributed by atoms with E-state index < -0.39 is 0 Å². The SMILES string of the molecule is COc1ccc(-c2cccc3[cH-]c(C)cc23)cc1.COc1ccc(-c2cccc3[cH-]c(C)cc23)cc1.Cl.Cl.[CH2-]C[CH2-].[Hf+4]. The summed E-state index contributed by atoms with van der Waals surface area (Å²) in [6, 6.07) is 38.3. The van der Waals surface area contributed by atoms with Crippen LogP contribution in [0.25, 0.3) is 43.8 Å². The van der Waals surface area contributed by atoms with E-state index in [1.807, 2.05) is 24.3 Å². The average molecular weight is 764 g/mol. The average Bonchev–Trinajstić information content (AvgIpc) is 3.54. The summed E-state index contributed by atoms with van der Waals surface area (Å²) < 4.78 is 10.4. The molecule has 0 unspecified atom stereocenters. The van der Waals surface area contributed by atoms with Crippen molar-refractivity contribution >= 4 is 46.4 Å². The van der Waals surface area contributed by atoms with Gasteiger partial charge in [0.1, 0.15) is 11.5 Å². The Morgan fingerprint density at radius 3 is 1.21 bits per heavy atom. The van der Waals surface area contributed by atoms with Crippen LogP contribution in [-0.2, 0) is 25.8 Å². The molecule has 0 radical (unpaired) electrons. The van der Waals surface area contributed by atoms with Gasteiger partial charge in [0.15, 0.2) is 0 Å². The molecule has 0 aliphatic rings. The topological polar surface area (TPSA) is 18.5 Å². The minimum absolute atomic E-state index is 0. The monoisotopic (exact) mass is 764 g/mol. The van der Waals surface area contributed by atoms with Gasteiger partial charge in [-0.05, 0) is 35.4 Å². The van der Waals surface area contributed by atoms with E-state index in [-0.39, 0.29) is 50.7 Å². The van der Waals surface area contributed by atoms with Crippen LogP contribution < -0.4 is 9.47 Å². The van der Waals surface area contributed by atoms with Crippen molar-refractivity contribution in [2.45, 2.75) is 20.3 Å². The molecule has 0 aromatic heterocycles. The fourth-order valence-corrected chi connectivity index (χ4v) is 4.81. The largest absolute Gasteiger partial charge is 4.00 e. The maximum atomic E-state index is 5.20. The molecule has 6 rings (SSSR count). The summed E-state index contributed by atoms with van der Waals surface area (Å²) in [5, 5.41) is 5.25. The summed E-state index contributed by atoms with van der Waals surface area (Å²) in [6.45, 7) is 11.0. The smallest absolute Gasteiger partial charge is 0.497 e. The van der Waals surface area contributed by atoms with E-state index in [1.165, 1.54) is 54.9 Å². The van der Waals surface area contributed by atoms with Crippen LogP contribution in [0.15, 0.2) is 109 Å². The van der Waals surface area contributed by atoms with Crippen LogP contribution in [0.3, 0.4) is 0 Å². The van der Waals surface area contributed by atoms with Crippen LogP contribution in [0, 0.1) is 27.7 Å². The predicted octanol–water partition coefficient (Wildman–Crippen LogP) is 11.0. The zero-order valence-corrected chi connectivity index (χ0v) is 29.9. The number of fused-ring (bicyclic) bond motifs is 2. The molecule has 216 valence electrons. The maximum absolute atomic E-state index is 5.20. The minimum atomic E-state index is 0. The quantitative estimate of drug-likeness (QED) is 0.132. The van der Waals surface area contributed by atoms with Crippen molar-refractivity contribution in [2.24, 2.45) is 0 Å². The van der Waals surface area contributed by atoms with Gasteiger partial charge in [0.25, 0.3) is 0 Å². The Balaban J connectivity index is 0.000000361. The molecule has 0 bridgehead atoms. The number of rotatable bonds is 4. The van der Waals surface area contributed by atoms with Crippen molar-refractivity contribution in [1.29, 1.82) is 0 Å². The van der Waals surface area contributed by atoms with Gasteiger partial charge >= 0.3 is 25.8 Å². The summed E-state index contributed by atoms with van der Waals surface area (Å²) in [5.74, 6) is 1.79. The second kappa shape index (κ2) is 18.0. The second-order valence-electron chi connectivity index (χ2n) is 9.49. The van der Waals surface area contributed by atoms with Crippen molar-refractivity contribution in [1.82, 2.24) is 0 Å². The van der Waals surface area contributed by atoms with E-state index in [0.717, 1.165) is 17.9 Å². The van der Waals surface area contributed by atoms with E-state index in [4.69, 9.17) is 9.47 Å². The van der Waals surface area contributed by atoms with Crippen molar-refractivity contribution in [3.8, 4) is 33.8 Å². The molecule has 2 nitrogen and oxygen atoms in total.